The van der Waals surface area contributed by atoms with Crippen molar-refractivity contribution in [2.24, 2.45) is 0 Å². The Bertz CT molecular complexity index is 1060. The molecule has 35 heavy (non-hydrogen) atoms. The number of fused-ring (bicyclic) bond motifs is 1. The molecular formula is C26H32ClN2O6+. The molecule has 1 saturated heterocycles. The Morgan fingerprint density at radius 3 is 2.74 bits per heavy atom. The average Bonchev–Trinajstić information content (AvgIpc) is 2.81. The molecule has 2 aliphatic heterocycles. The Morgan fingerprint density at radius 2 is 2.03 bits per heavy atom. The van der Waals surface area contributed by atoms with Gasteiger partial charge in [-0.05, 0) is 44.4 Å². The van der Waals surface area contributed by atoms with E-state index >= 15 is 0 Å². The van der Waals surface area contributed by atoms with Gasteiger partial charge < -0.3 is 24.2 Å². The van der Waals surface area contributed by atoms with Crippen molar-refractivity contribution in [3.05, 3.63) is 58.9 Å². The smallest absolute Gasteiger partial charge is 0.305 e. The first kappa shape index (κ1) is 25.4. The monoisotopic (exact) mass is 503 g/mol. The van der Waals surface area contributed by atoms with Gasteiger partial charge in [-0.1, -0.05) is 23.7 Å². The third kappa shape index (κ3) is 6.12. The number of hydrogen-bond acceptors (Lipinski definition) is 5. The number of carbonyl (C=O) groups is 2. The van der Waals surface area contributed by atoms with E-state index in [2.05, 4.69) is 0 Å². The van der Waals surface area contributed by atoms with Crippen molar-refractivity contribution in [3.8, 4) is 5.75 Å². The maximum atomic E-state index is 13.1. The molecular weight excluding hydrogens is 472 g/mol. The molecule has 2 unspecified atom stereocenters. The zero-order valence-corrected chi connectivity index (χ0v) is 20.9. The molecule has 1 amide bonds. The second-order valence-corrected chi connectivity index (χ2v) is 9.95. The molecule has 1 aromatic carbocycles. The zero-order chi connectivity index (χ0) is 25.0. The number of benzene rings is 1. The molecule has 4 rings (SSSR count). The van der Waals surface area contributed by atoms with Crippen LogP contribution >= 0.6 is 11.6 Å². The Morgan fingerprint density at radius 1 is 1.26 bits per heavy atom. The SMILES string of the molecule is CC1(C)Oc2cc[n+](COCCC(=O)O)cc2C(N2CCCCC2=O)C1OCc1ccc(Cl)cc1. The number of aromatic nitrogens is 1. The van der Waals surface area contributed by atoms with E-state index in [1.807, 2.05) is 66.0 Å². The molecule has 0 saturated carbocycles. The molecule has 0 radical (unpaired) electrons. The van der Waals surface area contributed by atoms with Crippen LogP contribution in [0.1, 0.15) is 56.7 Å². The lowest BCUT2D eigenvalue weighted by atomic mass is 9.85. The number of piperidine rings is 1. The maximum absolute atomic E-state index is 13.1. The Kier molecular flexibility index (Phi) is 7.94. The van der Waals surface area contributed by atoms with Crippen molar-refractivity contribution in [1.82, 2.24) is 4.90 Å². The van der Waals surface area contributed by atoms with Crippen LogP contribution in [0.3, 0.4) is 0 Å². The maximum Gasteiger partial charge on any atom is 0.305 e. The highest BCUT2D eigenvalue weighted by Crippen LogP contribution is 2.45. The summed E-state index contributed by atoms with van der Waals surface area (Å²) in [5, 5.41) is 9.50. The highest BCUT2D eigenvalue weighted by molar-refractivity contribution is 6.30. The van der Waals surface area contributed by atoms with Crippen LogP contribution in [0.2, 0.25) is 5.02 Å². The molecule has 1 aromatic heterocycles. The fourth-order valence-corrected chi connectivity index (χ4v) is 4.79. The van der Waals surface area contributed by atoms with E-state index in [0.717, 1.165) is 24.0 Å². The number of hydrogen-bond donors (Lipinski definition) is 1. The van der Waals surface area contributed by atoms with E-state index in [4.69, 9.17) is 30.9 Å². The molecule has 9 heteroatoms. The number of rotatable bonds is 9. The third-order valence-electron chi connectivity index (χ3n) is 6.41. The van der Waals surface area contributed by atoms with Crippen LogP contribution in [0, 0.1) is 0 Å². The van der Waals surface area contributed by atoms with Crippen LogP contribution in [0.5, 0.6) is 5.75 Å². The van der Waals surface area contributed by atoms with Crippen molar-refractivity contribution >= 4 is 23.5 Å². The summed E-state index contributed by atoms with van der Waals surface area (Å²) in [7, 11) is 0. The van der Waals surface area contributed by atoms with E-state index in [9.17, 15) is 9.59 Å². The quantitative estimate of drug-likeness (QED) is 0.412. The molecule has 2 aromatic rings. The number of pyridine rings is 1. The molecule has 1 fully saturated rings. The van der Waals surface area contributed by atoms with Crippen LogP contribution < -0.4 is 9.30 Å². The summed E-state index contributed by atoms with van der Waals surface area (Å²) in [6, 6.07) is 9.05. The standard InChI is InChI=1S/C26H31ClN2O6/c1-26(2)25(34-16-18-6-8-19(27)9-7-18)24(29-12-4-3-5-22(29)30)20-15-28(13-10-21(20)35-26)17-33-14-11-23(31)32/h6-10,13,15,24-25H,3-5,11-12,14,16-17H2,1-2H3/p+1. The van der Waals surface area contributed by atoms with Crippen molar-refractivity contribution in [1.29, 1.82) is 0 Å². The van der Waals surface area contributed by atoms with Crippen LogP contribution in [-0.4, -0.2) is 46.7 Å². The van der Waals surface area contributed by atoms with Gasteiger partial charge >= 0.3 is 5.97 Å². The fraction of sp³-hybridized carbons (Fsp3) is 0.500. The van der Waals surface area contributed by atoms with Gasteiger partial charge in [-0.25, -0.2) is 0 Å². The number of aliphatic carboxylic acids is 1. The van der Waals surface area contributed by atoms with E-state index in [0.29, 0.717) is 30.3 Å². The lowest BCUT2D eigenvalue weighted by Crippen LogP contribution is -2.57. The summed E-state index contributed by atoms with van der Waals surface area (Å²) in [4.78, 5) is 25.8. The van der Waals surface area contributed by atoms with Crippen LogP contribution in [0.25, 0.3) is 0 Å². The van der Waals surface area contributed by atoms with Crippen LogP contribution in [0.15, 0.2) is 42.7 Å². The Balaban J connectivity index is 1.63. The Hall–Kier alpha value is -2.68. The topological polar surface area (TPSA) is 89.2 Å². The first-order chi connectivity index (χ1) is 16.7. The summed E-state index contributed by atoms with van der Waals surface area (Å²) in [6.07, 6.45) is 5.61. The van der Waals surface area contributed by atoms with Gasteiger partial charge in [0, 0.05) is 24.1 Å². The van der Waals surface area contributed by atoms with Crippen molar-refractivity contribution < 1.29 is 33.5 Å². The molecule has 0 aliphatic carbocycles. The zero-order valence-electron chi connectivity index (χ0n) is 20.1. The second kappa shape index (κ2) is 10.9. The molecule has 2 atom stereocenters. The number of likely N-dealkylation sites (tertiary alicyclic amines) is 1. The minimum absolute atomic E-state index is 0.0612. The van der Waals surface area contributed by atoms with Crippen LogP contribution in [0.4, 0.5) is 0 Å². The molecule has 0 bridgehead atoms. The summed E-state index contributed by atoms with van der Waals surface area (Å²) in [5.74, 6) is -0.0926. The summed E-state index contributed by atoms with van der Waals surface area (Å²) in [6.45, 7) is 5.29. The lowest BCUT2D eigenvalue weighted by Gasteiger charge is -2.48. The number of nitrogens with zero attached hydrogens (tertiary/aromatic N) is 2. The number of carboxylic acid groups (broad SMARTS) is 1. The van der Waals surface area contributed by atoms with Gasteiger partial charge in [-0.2, -0.15) is 4.57 Å². The third-order valence-corrected chi connectivity index (χ3v) is 6.66. The second-order valence-electron chi connectivity index (χ2n) is 9.51. The van der Waals surface area contributed by atoms with Gasteiger partial charge in [0.05, 0.1) is 31.2 Å². The molecule has 1 N–H and O–H groups in total. The first-order valence-electron chi connectivity index (χ1n) is 11.9. The minimum atomic E-state index is -0.902. The fourth-order valence-electron chi connectivity index (χ4n) is 4.67. The average molecular weight is 504 g/mol. The summed E-state index contributed by atoms with van der Waals surface area (Å²) in [5.41, 5.74) is 1.14. The first-order valence-corrected chi connectivity index (χ1v) is 12.3. The van der Waals surface area contributed by atoms with E-state index < -0.39 is 17.7 Å². The molecule has 188 valence electrons. The predicted octanol–water partition coefficient (Wildman–Crippen LogP) is 3.89. The Labute approximate surface area is 210 Å². The van der Waals surface area contributed by atoms with Crippen LogP contribution in [-0.2, 0) is 32.4 Å². The van der Waals surface area contributed by atoms with Crippen molar-refractivity contribution in [2.75, 3.05) is 13.2 Å². The van der Waals surface area contributed by atoms with E-state index in [-0.39, 0.29) is 31.7 Å². The molecule has 0 spiro atoms. The number of ether oxygens (including phenoxy) is 3. The summed E-state index contributed by atoms with van der Waals surface area (Å²) < 4.78 is 20.2. The molecule has 8 nitrogen and oxygen atoms in total. The van der Waals surface area contributed by atoms with Crippen molar-refractivity contribution in [3.63, 3.8) is 0 Å². The highest BCUT2D eigenvalue weighted by atomic mass is 35.5. The molecule has 2 aliphatic rings. The summed E-state index contributed by atoms with van der Waals surface area (Å²) >= 11 is 6.03. The van der Waals surface area contributed by atoms with Crippen molar-refractivity contribution in [2.45, 2.75) is 70.6 Å². The van der Waals surface area contributed by atoms with Gasteiger partial charge in [0.15, 0.2) is 12.4 Å². The van der Waals surface area contributed by atoms with E-state index in [1.54, 1.807) is 0 Å². The number of carboxylic acids is 1. The lowest BCUT2D eigenvalue weighted by molar-refractivity contribution is -0.733. The van der Waals surface area contributed by atoms with Gasteiger partial charge in [-0.15, -0.1) is 0 Å². The van der Waals surface area contributed by atoms with Gasteiger partial charge in [-0.3, -0.25) is 9.59 Å². The largest absolute Gasteiger partial charge is 0.484 e. The van der Waals surface area contributed by atoms with Gasteiger partial charge in [0.1, 0.15) is 17.5 Å². The normalized spacial score (nSPS) is 21.3. The molecule has 3 heterocycles. The highest BCUT2D eigenvalue weighted by Gasteiger charge is 2.49. The van der Waals surface area contributed by atoms with Gasteiger partial charge in [0.25, 0.3) is 6.73 Å². The number of carbonyl (C=O) groups excluding carboxylic acids is 1. The number of amides is 1. The van der Waals surface area contributed by atoms with Gasteiger partial charge in [0.2, 0.25) is 5.91 Å². The van der Waals surface area contributed by atoms with E-state index in [1.165, 1.54) is 0 Å². The number of halogens is 1. The predicted molar refractivity (Wildman–Crippen MR) is 128 cm³/mol. The minimum Gasteiger partial charge on any atom is -0.484 e.